The summed E-state index contributed by atoms with van der Waals surface area (Å²) in [5.74, 6) is -2.24. The van der Waals surface area contributed by atoms with Crippen LogP contribution in [-0.2, 0) is 14.6 Å². The first kappa shape index (κ1) is 29.9. The predicted octanol–water partition coefficient (Wildman–Crippen LogP) is 2.36. The summed E-state index contributed by atoms with van der Waals surface area (Å²) in [5.41, 5.74) is 7.94. The summed E-state index contributed by atoms with van der Waals surface area (Å²) >= 11 is 6.54. The average molecular weight is 617 g/mol. The second-order valence-electron chi connectivity index (χ2n) is 9.04. The Kier molecular flexibility index (Phi) is 8.30. The number of carboxylic acids is 1. The van der Waals surface area contributed by atoms with Crippen LogP contribution >= 0.6 is 11.6 Å². The minimum absolute atomic E-state index is 0.0448. The van der Waals surface area contributed by atoms with Crippen molar-refractivity contribution in [3.8, 4) is 0 Å². The van der Waals surface area contributed by atoms with Crippen LogP contribution < -0.4 is 16.0 Å². The number of nitrogen functional groups attached to an aromatic ring is 1. The number of nitrogens with two attached hydrogens (primary N) is 1. The summed E-state index contributed by atoms with van der Waals surface area (Å²) in [6, 6.07) is 4.76. The average Bonchev–Trinajstić information content (AvgIpc) is 3.45. The number of pyridine rings is 1. The van der Waals surface area contributed by atoms with Crippen molar-refractivity contribution in [2.24, 2.45) is 0 Å². The van der Waals surface area contributed by atoms with E-state index in [9.17, 15) is 26.4 Å². The third kappa shape index (κ3) is 6.45. The first-order valence-corrected chi connectivity index (χ1v) is 14.2. The highest BCUT2D eigenvalue weighted by atomic mass is 35.5. The number of alkyl halides is 3. The van der Waals surface area contributed by atoms with Gasteiger partial charge >= 0.3 is 12.1 Å². The SMILES string of the molecule is CC(NC(=O)c1c(N)nn2cccnc12)c1cc(Cl)c2ccnn2c1N1CCCS(=O)(=O)CC1.O=C(O)C(F)(F)F. The van der Waals surface area contributed by atoms with Crippen LogP contribution in [-0.4, -0.2) is 80.4 Å². The number of fused-ring (bicyclic) bond motifs is 2. The minimum Gasteiger partial charge on any atom is -0.475 e. The fraction of sp³-hybridized carbons (Fsp3) is 0.348. The van der Waals surface area contributed by atoms with Crippen molar-refractivity contribution in [1.29, 1.82) is 0 Å². The van der Waals surface area contributed by atoms with E-state index in [4.69, 9.17) is 27.2 Å². The van der Waals surface area contributed by atoms with Gasteiger partial charge in [-0.25, -0.2) is 27.2 Å². The lowest BCUT2D eigenvalue weighted by atomic mass is 10.1. The number of halogens is 4. The molecule has 41 heavy (non-hydrogen) atoms. The number of rotatable bonds is 4. The lowest BCUT2D eigenvalue weighted by Crippen LogP contribution is -2.33. The normalized spacial score (nSPS) is 16.1. The number of hydrogen-bond acceptors (Lipinski definition) is 9. The Morgan fingerprint density at radius 1 is 1.22 bits per heavy atom. The highest BCUT2D eigenvalue weighted by Crippen LogP contribution is 2.33. The van der Waals surface area contributed by atoms with Gasteiger partial charge in [0.25, 0.3) is 5.91 Å². The van der Waals surface area contributed by atoms with Crippen molar-refractivity contribution in [2.75, 3.05) is 35.2 Å². The molecule has 18 heteroatoms. The lowest BCUT2D eigenvalue weighted by Gasteiger charge is -2.28. The van der Waals surface area contributed by atoms with Gasteiger partial charge in [-0.3, -0.25) is 4.79 Å². The van der Waals surface area contributed by atoms with Crippen molar-refractivity contribution >= 4 is 56.1 Å². The van der Waals surface area contributed by atoms with Gasteiger partial charge in [-0.2, -0.15) is 18.3 Å². The predicted molar refractivity (Wildman–Crippen MR) is 143 cm³/mol. The van der Waals surface area contributed by atoms with Gasteiger partial charge in [-0.1, -0.05) is 11.6 Å². The Labute approximate surface area is 235 Å². The molecule has 5 heterocycles. The third-order valence-corrected chi connectivity index (χ3v) is 8.21. The molecular weight excluding hydrogens is 593 g/mol. The van der Waals surface area contributed by atoms with Crippen LogP contribution in [0.4, 0.5) is 24.8 Å². The van der Waals surface area contributed by atoms with Gasteiger partial charge in [0, 0.05) is 31.0 Å². The molecule has 13 nitrogen and oxygen atoms in total. The number of carbonyl (C=O) groups excluding carboxylic acids is 1. The fourth-order valence-electron chi connectivity index (χ4n) is 4.30. The van der Waals surface area contributed by atoms with Gasteiger partial charge in [-0.15, -0.1) is 5.10 Å². The molecule has 1 aliphatic rings. The van der Waals surface area contributed by atoms with E-state index >= 15 is 0 Å². The van der Waals surface area contributed by atoms with Gasteiger partial charge in [0.05, 0.1) is 34.3 Å². The number of aromatic nitrogens is 5. The first-order valence-electron chi connectivity index (χ1n) is 12.0. The van der Waals surface area contributed by atoms with E-state index in [0.717, 1.165) is 0 Å². The van der Waals surface area contributed by atoms with Crippen LogP contribution in [0.1, 0.15) is 35.3 Å². The molecule has 220 valence electrons. The minimum atomic E-state index is -5.08. The van der Waals surface area contributed by atoms with E-state index in [2.05, 4.69) is 20.5 Å². The summed E-state index contributed by atoms with van der Waals surface area (Å²) in [4.78, 5) is 28.3. The van der Waals surface area contributed by atoms with Crippen molar-refractivity contribution in [2.45, 2.75) is 25.6 Å². The van der Waals surface area contributed by atoms with Crippen molar-refractivity contribution in [1.82, 2.24) is 29.5 Å². The maximum atomic E-state index is 13.2. The molecule has 4 aromatic heterocycles. The topological polar surface area (TPSA) is 177 Å². The Bertz CT molecular complexity index is 1720. The van der Waals surface area contributed by atoms with Crippen LogP contribution in [0, 0.1) is 0 Å². The molecule has 1 fully saturated rings. The molecule has 1 unspecified atom stereocenters. The molecule has 1 atom stereocenters. The van der Waals surface area contributed by atoms with E-state index in [0.29, 0.717) is 47.1 Å². The molecule has 0 saturated carbocycles. The molecule has 4 N–H and O–H groups in total. The number of sulfone groups is 1. The monoisotopic (exact) mass is 616 g/mol. The quantitative estimate of drug-likeness (QED) is 0.308. The lowest BCUT2D eigenvalue weighted by molar-refractivity contribution is -0.192. The number of anilines is 2. The molecule has 1 aliphatic heterocycles. The van der Waals surface area contributed by atoms with Crippen molar-refractivity contribution in [3.05, 3.63) is 52.9 Å². The highest BCUT2D eigenvalue weighted by molar-refractivity contribution is 7.91. The number of carboxylic acid groups (broad SMARTS) is 1. The Morgan fingerprint density at radius 3 is 2.61 bits per heavy atom. The number of hydrogen-bond donors (Lipinski definition) is 3. The van der Waals surface area contributed by atoms with Crippen LogP contribution in [0.25, 0.3) is 11.2 Å². The second kappa shape index (κ2) is 11.4. The first-order chi connectivity index (χ1) is 19.2. The fourth-order valence-corrected chi connectivity index (χ4v) is 5.84. The molecule has 5 rings (SSSR count). The summed E-state index contributed by atoms with van der Waals surface area (Å²) in [5, 5.41) is 19.1. The molecule has 0 aromatic carbocycles. The van der Waals surface area contributed by atoms with E-state index in [-0.39, 0.29) is 22.9 Å². The molecule has 1 saturated heterocycles. The smallest absolute Gasteiger partial charge is 0.475 e. The highest BCUT2D eigenvalue weighted by Gasteiger charge is 2.38. The molecule has 0 aliphatic carbocycles. The Balaban J connectivity index is 0.000000493. The number of nitrogens with one attached hydrogen (secondary N) is 1. The van der Waals surface area contributed by atoms with Crippen LogP contribution in [0.3, 0.4) is 0 Å². The van der Waals surface area contributed by atoms with Gasteiger partial charge in [-0.05, 0) is 31.5 Å². The molecular formula is C23H24ClF3N8O5S. The van der Waals surface area contributed by atoms with Crippen molar-refractivity contribution in [3.63, 3.8) is 0 Å². The van der Waals surface area contributed by atoms with Crippen LogP contribution in [0.5, 0.6) is 0 Å². The zero-order valence-electron chi connectivity index (χ0n) is 21.3. The molecule has 0 bridgehead atoms. The standard InChI is InChI=1S/C21H23ClN8O3S.C2HF3O2/c1-13(26-20(31)17-18(23)27-29-8-2-5-24-19(17)29)14-12-15(22)16-4-6-25-30(16)21(14)28-7-3-10-34(32,33)11-9-28;3-2(4,5)1(6)7/h2,4-6,8,12-13H,3,7,9-11H2,1H3,(H2,23,27)(H,26,31);(H,6,7). The van der Waals surface area contributed by atoms with Gasteiger partial charge in [0.2, 0.25) is 0 Å². The van der Waals surface area contributed by atoms with E-state index in [1.165, 1.54) is 4.52 Å². The number of nitrogens with zero attached hydrogens (tertiary/aromatic N) is 6. The van der Waals surface area contributed by atoms with E-state index < -0.39 is 33.9 Å². The zero-order valence-corrected chi connectivity index (χ0v) is 22.9. The Morgan fingerprint density at radius 2 is 1.93 bits per heavy atom. The van der Waals surface area contributed by atoms with Crippen LogP contribution in [0.15, 0.2) is 36.8 Å². The molecule has 1 amide bonds. The summed E-state index contributed by atoms with van der Waals surface area (Å²) in [7, 11) is -3.11. The maximum Gasteiger partial charge on any atom is 0.490 e. The van der Waals surface area contributed by atoms with Gasteiger partial charge < -0.3 is 21.1 Å². The maximum absolute atomic E-state index is 13.2. The third-order valence-electron chi connectivity index (χ3n) is 6.19. The second-order valence-corrected chi connectivity index (χ2v) is 11.7. The summed E-state index contributed by atoms with van der Waals surface area (Å²) in [6.07, 6.45) is 0.277. The zero-order chi connectivity index (χ0) is 30.1. The number of amides is 1. The largest absolute Gasteiger partial charge is 0.490 e. The van der Waals surface area contributed by atoms with Gasteiger partial charge in [0.1, 0.15) is 11.4 Å². The van der Waals surface area contributed by atoms with E-state index in [1.807, 2.05) is 11.8 Å². The van der Waals surface area contributed by atoms with Gasteiger partial charge in [0.15, 0.2) is 21.3 Å². The summed E-state index contributed by atoms with van der Waals surface area (Å²) in [6.45, 7) is 2.68. The Hall–Kier alpha value is -4.12. The molecule has 0 spiro atoms. The van der Waals surface area contributed by atoms with Crippen molar-refractivity contribution < 1.29 is 36.3 Å². The number of carbonyl (C=O) groups is 2. The molecule has 0 radical (unpaired) electrons. The van der Waals surface area contributed by atoms with E-state index in [1.54, 1.807) is 41.3 Å². The molecule has 4 aromatic rings. The van der Waals surface area contributed by atoms with Crippen LogP contribution in [0.2, 0.25) is 5.02 Å². The summed E-state index contributed by atoms with van der Waals surface area (Å²) < 4.78 is 59.3. The number of aliphatic carboxylic acids is 1.